The average Bonchev–Trinajstić information content (AvgIpc) is 2.63. The van der Waals surface area contributed by atoms with Crippen LogP contribution in [0.2, 0.25) is 0 Å². The Bertz CT molecular complexity index is 900. The zero-order chi connectivity index (χ0) is 16.8. The van der Waals surface area contributed by atoms with Gasteiger partial charge in [0, 0.05) is 16.8 Å². The minimum atomic E-state index is -0.156. The highest BCUT2D eigenvalue weighted by Crippen LogP contribution is 2.13. The Labute approximate surface area is 142 Å². The lowest BCUT2D eigenvalue weighted by Crippen LogP contribution is -2.13. The molecule has 3 aromatic rings. The highest BCUT2D eigenvalue weighted by atomic mass is 16.1. The molecule has 2 nitrogen and oxygen atoms in total. The second kappa shape index (κ2) is 7.30. The van der Waals surface area contributed by atoms with Crippen molar-refractivity contribution in [3.63, 3.8) is 0 Å². The number of nitrogens with one attached hydrogen (secondary N) is 1. The Morgan fingerprint density at radius 3 is 2.21 bits per heavy atom. The number of rotatable bonds is 2. The molecular weight excluding hydrogens is 294 g/mol. The second-order valence-electron chi connectivity index (χ2n) is 5.48. The van der Waals surface area contributed by atoms with Gasteiger partial charge >= 0.3 is 0 Å². The van der Waals surface area contributed by atoms with Crippen LogP contribution in [0, 0.1) is 18.8 Å². The summed E-state index contributed by atoms with van der Waals surface area (Å²) in [4.78, 5) is 12.6. The smallest absolute Gasteiger partial charge is 0.256 e. The third-order valence-electron chi connectivity index (χ3n) is 3.60. The molecule has 1 amide bonds. The van der Waals surface area contributed by atoms with E-state index in [-0.39, 0.29) is 5.91 Å². The molecule has 0 aliphatic carbocycles. The summed E-state index contributed by atoms with van der Waals surface area (Å²) in [5.41, 5.74) is 4.14. The third-order valence-corrected chi connectivity index (χ3v) is 3.60. The molecule has 0 aliphatic rings. The summed E-state index contributed by atoms with van der Waals surface area (Å²) in [6.45, 7) is 2.01. The van der Waals surface area contributed by atoms with Gasteiger partial charge in [-0.3, -0.25) is 4.79 Å². The van der Waals surface area contributed by atoms with Crippen molar-refractivity contribution in [2.24, 2.45) is 0 Å². The molecule has 116 valence electrons. The molecule has 0 saturated carbocycles. The van der Waals surface area contributed by atoms with E-state index in [1.54, 1.807) is 6.07 Å². The van der Waals surface area contributed by atoms with Crippen molar-refractivity contribution in [2.45, 2.75) is 6.92 Å². The van der Waals surface area contributed by atoms with E-state index in [1.807, 2.05) is 79.7 Å². The highest BCUT2D eigenvalue weighted by molar-refractivity contribution is 6.06. The second-order valence-corrected chi connectivity index (χ2v) is 5.48. The molecule has 0 aromatic heterocycles. The van der Waals surface area contributed by atoms with Crippen molar-refractivity contribution in [1.29, 1.82) is 0 Å². The van der Waals surface area contributed by atoms with Gasteiger partial charge in [0.05, 0.1) is 5.56 Å². The minimum Gasteiger partial charge on any atom is -0.322 e. The topological polar surface area (TPSA) is 29.1 Å². The van der Waals surface area contributed by atoms with Gasteiger partial charge in [-0.05, 0) is 43.3 Å². The molecular formula is C22H17NO. The van der Waals surface area contributed by atoms with E-state index in [1.165, 1.54) is 0 Å². The van der Waals surface area contributed by atoms with Crippen LogP contribution in [0.15, 0.2) is 78.9 Å². The fourth-order valence-electron chi connectivity index (χ4n) is 2.29. The molecule has 0 unspecified atom stereocenters. The van der Waals surface area contributed by atoms with E-state index in [2.05, 4.69) is 17.2 Å². The molecule has 0 saturated heterocycles. The Kier molecular flexibility index (Phi) is 4.74. The summed E-state index contributed by atoms with van der Waals surface area (Å²) < 4.78 is 0. The van der Waals surface area contributed by atoms with E-state index < -0.39 is 0 Å². The molecule has 0 aliphatic heterocycles. The van der Waals surface area contributed by atoms with Crippen molar-refractivity contribution in [1.82, 2.24) is 0 Å². The number of amides is 1. The molecule has 1 N–H and O–H groups in total. The third kappa shape index (κ3) is 3.91. The molecule has 0 fully saturated rings. The van der Waals surface area contributed by atoms with Crippen molar-refractivity contribution in [3.05, 3.63) is 101 Å². The van der Waals surface area contributed by atoms with Crippen LogP contribution in [0.1, 0.15) is 27.0 Å². The predicted molar refractivity (Wildman–Crippen MR) is 98.0 cm³/mol. The van der Waals surface area contributed by atoms with Gasteiger partial charge in [0.25, 0.3) is 5.91 Å². The Morgan fingerprint density at radius 1 is 0.792 bits per heavy atom. The van der Waals surface area contributed by atoms with Crippen molar-refractivity contribution < 1.29 is 4.79 Å². The standard InChI is InChI=1S/C22H17NO/c1-17-11-15-20(16-12-17)23-22(24)21-10-6-5-9-19(21)14-13-18-7-3-2-4-8-18/h2-12,15-16H,1H3,(H,23,24). The molecule has 0 atom stereocenters. The zero-order valence-corrected chi connectivity index (χ0v) is 13.4. The Hall–Kier alpha value is -3.31. The van der Waals surface area contributed by atoms with Crippen LogP contribution in [0.5, 0.6) is 0 Å². The molecule has 0 bridgehead atoms. The van der Waals surface area contributed by atoms with Gasteiger partial charge in [-0.25, -0.2) is 0 Å². The number of hydrogen-bond acceptors (Lipinski definition) is 1. The molecule has 0 radical (unpaired) electrons. The van der Waals surface area contributed by atoms with Crippen LogP contribution < -0.4 is 5.32 Å². The summed E-state index contributed by atoms with van der Waals surface area (Å²) in [5, 5.41) is 2.92. The summed E-state index contributed by atoms with van der Waals surface area (Å²) in [6.07, 6.45) is 0. The first kappa shape index (κ1) is 15.6. The monoisotopic (exact) mass is 311 g/mol. The lowest BCUT2D eigenvalue weighted by Gasteiger charge is -2.07. The van der Waals surface area contributed by atoms with Crippen LogP contribution in [0.3, 0.4) is 0 Å². The van der Waals surface area contributed by atoms with Gasteiger partial charge in [0.1, 0.15) is 0 Å². The zero-order valence-electron chi connectivity index (χ0n) is 13.4. The highest BCUT2D eigenvalue weighted by Gasteiger charge is 2.09. The van der Waals surface area contributed by atoms with Crippen LogP contribution in [-0.2, 0) is 0 Å². The van der Waals surface area contributed by atoms with Crippen LogP contribution >= 0.6 is 0 Å². The van der Waals surface area contributed by atoms with Crippen molar-refractivity contribution in [3.8, 4) is 11.8 Å². The lowest BCUT2D eigenvalue weighted by atomic mass is 10.1. The fraction of sp³-hybridized carbons (Fsp3) is 0.0455. The number of carbonyl (C=O) groups is 1. The molecule has 2 heteroatoms. The van der Waals surface area contributed by atoms with Crippen molar-refractivity contribution >= 4 is 11.6 Å². The number of benzene rings is 3. The van der Waals surface area contributed by atoms with Crippen LogP contribution in [0.25, 0.3) is 0 Å². The van der Waals surface area contributed by atoms with Gasteiger partial charge in [-0.15, -0.1) is 0 Å². The van der Waals surface area contributed by atoms with Gasteiger partial charge in [-0.1, -0.05) is 59.9 Å². The maximum absolute atomic E-state index is 12.6. The van der Waals surface area contributed by atoms with E-state index in [0.29, 0.717) is 11.1 Å². The maximum Gasteiger partial charge on any atom is 0.256 e. The van der Waals surface area contributed by atoms with Crippen molar-refractivity contribution in [2.75, 3.05) is 5.32 Å². The average molecular weight is 311 g/mol. The number of carbonyl (C=O) groups excluding carboxylic acids is 1. The molecule has 0 heterocycles. The summed E-state index contributed by atoms with van der Waals surface area (Å²) >= 11 is 0. The molecule has 3 aromatic carbocycles. The van der Waals surface area contributed by atoms with Gasteiger partial charge in [0.2, 0.25) is 0 Å². The van der Waals surface area contributed by atoms with Gasteiger partial charge < -0.3 is 5.32 Å². The van der Waals surface area contributed by atoms with E-state index in [4.69, 9.17) is 0 Å². The number of aryl methyl sites for hydroxylation is 1. The van der Waals surface area contributed by atoms with Crippen LogP contribution in [0.4, 0.5) is 5.69 Å². The van der Waals surface area contributed by atoms with Crippen LogP contribution in [-0.4, -0.2) is 5.91 Å². The normalized spacial score (nSPS) is 9.71. The maximum atomic E-state index is 12.6. The number of anilines is 1. The lowest BCUT2D eigenvalue weighted by molar-refractivity contribution is 0.102. The first-order valence-electron chi connectivity index (χ1n) is 7.76. The molecule has 3 rings (SSSR count). The fourth-order valence-corrected chi connectivity index (χ4v) is 2.29. The Morgan fingerprint density at radius 2 is 1.46 bits per heavy atom. The predicted octanol–water partition coefficient (Wildman–Crippen LogP) is 4.65. The molecule has 24 heavy (non-hydrogen) atoms. The van der Waals surface area contributed by atoms with E-state index >= 15 is 0 Å². The SMILES string of the molecule is Cc1ccc(NC(=O)c2ccccc2C#Cc2ccccc2)cc1. The largest absolute Gasteiger partial charge is 0.322 e. The summed E-state index contributed by atoms with van der Waals surface area (Å²) in [7, 11) is 0. The van der Waals surface area contributed by atoms with Gasteiger partial charge in [-0.2, -0.15) is 0 Å². The Balaban J connectivity index is 1.85. The summed E-state index contributed by atoms with van der Waals surface area (Å²) in [5.74, 6) is 6.04. The molecule has 0 spiro atoms. The first-order chi connectivity index (χ1) is 11.7. The minimum absolute atomic E-state index is 0.156. The van der Waals surface area contributed by atoms with Gasteiger partial charge in [0.15, 0.2) is 0 Å². The number of hydrogen-bond donors (Lipinski definition) is 1. The summed E-state index contributed by atoms with van der Waals surface area (Å²) in [6, 6.07) is 24.8. The van der Waals surface area contributed by atoms with E-state index in [9.17, 15) is 4.79 Å². The van der Waals surface area contributed by atoms with E-state index in [0.717, 1.165) is 16.8 Å². The first-order valence-corrected chi connectivity index (χ1v) is 7.76. The quantitative estimate of drug-likeness (QED) is 0.686.